The minimum absolute atomic E-state index is 0.0139. The van der Waals surface area contributed by atoms with E-state index in [-0.39, 0.29) is 12.2 Å². The fourth-order valence-corrected chi connectivity index (χ4v) is 2.32. The molecule has 0 saturated carbocycles. The number of carboxylic acid groups (broad SMARTS) is 1. The highest BCUT2D eigenvalue weighted by molar-refractivity contribution is 6.30. The lowest BCUT2D eigenvalue weighted by Gasteiger charge is -2.30. The van der Waals surface area contributed by atoms with Crippen LogP contribution in [0.3, 0.4) is 0 Å². The molecule has 0 bridgehead atoms. The number of carbonyl (C=O) groups excluding carboxylic acids is 1. The number of halogens is 2. The quantitative estimate of drug-likeness (QED) is 0.882. The molecule has 1 atom stereocenters. The second-order valence-electron chi connectivity index (χ2n) is 4.68. The van der Waals surface area contributed by atoms with E-state index in [1.54, 1.807) is 0 Å². The van der Waals surface area contributed by atoms with Crippen molar-refractivity contribution in [3.8, 4) is 0 Å². The topological polar surface area (TPSA) is 69.6 Å². The average Bonchev–Trinajstić information content (AvgIpc) is 2.43. The van der Waals surface area contributed by atoms with Crippen LogP contribution in [0.25, 0.3) is 0 Å². The lowest BCUT2D eigenvalue weighted by molar-refractivity contribution is -0.143. The van der Waals surface area contributed by atoms with Gasteiger partial charge in [-0.15, -0.1) is 0 Å². The molecule has 1 heterocycles. The van der Waals surface area contributed by atoms with Gasteiger partial charge in [0.1, 0.15) is 5.82 Å². The summed E-state index contributed by atoms with van der Waals surface area (Å²) < 4.78 is 13.5. The van der Waals surface area contributed by atoms with Crippen molar-refractivity contribution in [3.63, 3.8) is 0 Å². The molecule has 108 valence electrons. The highest BCUT2D eigenvalue weighted by atomic mass is 35.5. The van der Waals surface area contributed by atoms with Crippen LogP contribution in [0.5, 0.6) is 0 Å². The summed E-state index contributed by atoms with van der Waals surface area (Å²) in [6.07, 6.45) is 1.16. The van der Waals surface area contributed by atoms with Crippen molar-refractivity contribution < 1.29 is 19.1 Å². The van der Waals surface area contributed by atoms with Crippen LogP contribution in [0, 0.1) is 11.7 Å². The number of hydrogen-bond acceptors (Lipinski definition) is 2. The van der Waals surface area contributed by atoms with E-state index in [2.05, 4.69) is 5.32 Å². The summed E-state index contributed by atoms with van der Waals surface area (Å²) in [7, 11) is 0. The maximum Gasteiger partial charge on any atom is 0.321 e. The normalized spacial score (nSPS) is 18.7. The monoisotopic (exact) mass is 300 g/mol. The Bertz CT molecular complexity index is 538. The lowest BCUT2D eigenvalue weighted by atomic mass is 9.99. The Balaban J connectivity index is 2.04. The number of piperidine rings is 1. The van der Waals surface area contributed by atoms with Gasteiger partial charge in [-0.2, -0.15) is 0 Å². The number of aliphatic carboxylic acids is 1. The number of nitrogens with one attached hydrogen (secondary N) is 1. The minimum atomic E-state index is -0.920. The summed E-state index contributed by atoms with van der Waals surface area (Å²) in [6.45, 7) is 0.584. The molecule has 2 rings (SSSR count). The highest BCUT2D eigenvalue weighted by Gasteiger charge is 2.28. The van der Waals surface area contributed by atoms with Gasteiger partial charge in [-0.1, -0.05) is 11.6 Å². The number of carbonyl (C=O) groups is 2. The van der Waals surface area contributed by atoms with Gasteiger partial charge in [-0.05, 0) is 31.0 Å². The number of hydrogen-bond donors (Lipinski definition) is 2. The molecule has 1 aromatic carbocycles. The van der Waals surface area contributed by atoms with Crippen molar-refractivity contribution in [2.24, 2.45) is 5.92 Å². The first kappa shape index (κ1) is 14.6. The molecule has 1 aliphatic rings. The molecular formula is C13H14ClFN2O3. The number of carboxylic acids is 1. The third-order valence-corrected chi connectivity index (χ3v) is 3.46. The smallest absolute Gasteiger partial charge is 0.321 e. The van der Waals surface area contributed by atoms with Gasteiger partial charge in [-0.25, -0.2) is 9.18 Å². The molecule has 2 amide bonds. The van der Waals surface area contributed by atoms with Crippen LogP contribution in [0.15, 0.2) is 18.2 Å². The van der Waals surface area contributed by atoms with E-state index in [1.165, 1.54) is 17.0 Å². The number of urea groups is 1. The number of benzene rings is 1. The van der Waals surface area contributed by atoms with E-state index in [0.29, 0.717) is 24.4 Å². The van der Waals surface area contributed by atoms with Gasteiger partial charge in [-0.3, -0.25) is 4.79 Å². The van der Waals surface area contributed by atoms with Gasteiger partial charge in [0.15, 0.2) is 0 Å². The maximum absolute atomic E-state index is 13.5. The van der Waals surface area contributed by atoms with E-state index < -0.39 is 23.7 Å². The first-order valence-electron chi connectivity index (χ1n) is 6.21. The molecule has 2 N–H and O–H groups in total. The van der Waals surface area contributed by atoms with Gasteiger partial charge >= 0.3 is 12.0 Å². The molecule has 0 aromatic heterocycles. The fourth-order valence-electron chi connectivity index (χ4n) is 2.15. The Kier molecular flexibility index (Phi) is 4.44. The van der Waals surface area contributed by atoms with E-state index >= 15 is 0 Å². The molecule has 7 heteroatoms. The number of rotatable bonds is 2. The van der Waals surface area contributed by atoms with Crippen LogP contribution >= 0.6 is 11.6 Å². The standard InChI is InChI=1S/C13H14ClFN2O3/c14-9-3-4-10(15)11(6-9)16-13(20)17-5-1-2-8(7-17)12(18)19/h3-4,6,8H,1-2,5,7H2,(H,16,20)(H,18,19)/t8-/m1/s1. The number of nitrogens with zero attached hydrogens (tertiary/aromatic N) is 1. The molecule has 20 heavy (non-hydrogen) atoms. The molecule has 1 aliphatic heterocycles. The van der Waals surface area contributed by atoms with Gasteiger partial charge in [0, 0.05) is 18.1 Å². The van der Waals surface area contributed by atoms with Crippen LogP contribution in [0.1, 0.15) is 12.8 Å². The maximum atomic E-state index is 13.5. The molecule has 0 unspecified atom stereocenters. The Morgan fingerprint density at radius 2 is 2.20 bits per heavy atom. The second kappa shape index (κ2) is 6.09. The summed E-state index contributed by atoms with van der Waals surface area (Å²) in [5.41, 5.74) is -0.0139. The Morgan fingerprint density at radius 1 is 1.45 bits per heavy atom. The fraction of sp³-hybridized carbons (Fsp3) is 0.385. The number of anilines is 1. The van der Waals surface area contributed by atoms with Crippen molar-refractivity contribution in [1.29, 1.82) is 0 Å². The van der Waals surface area contributed by atoms with E-state index in [9.17, 15) is 14.0 Å². The van der Waals surface area contributed by atoms with Crippen LogP contribution in [-0.2, 0) is 4.79 Å². The molecular weight excluding hydrogens is 287 g/mol. The van der Waals surface area contributed by atoms with Crippen molar-refractivity contribution in [2.45, 2.75) is 12.8 Å². The zero-order valence-electron chi connectivity index (χ0n) is 10.6. The van der Waals surface area contributed by atoms with Crippen LogP contribution in [0.2, 0.25) is 5.02 Å². The first-order chi connectivity index (χ1) is 9.47. The zero-order chi connectivity index (χ0) is 14.7. The molecule has 5 nitrogen and oxygen atoms in total. The highest BCUT2D eigenvalue weighted by Crippen LogP contribution is 2.21. The first-order valence-corrected chi connectivity index (χ1v) is 6.59. The van der Waals surface area contributed by atoms with Crippen LogP contribution in [-0.4, -0.2) is 35.1 Å². The minimum Gasteiger partial charge on any atom is -0.481 e. The predicted molar refractivity (Wildman–Crippen MR) is 72.4 cm³/mol. The molecule has 0 spiro atoms. The molecule has 0 aliphatic carbocycles. The summed E-state index contributed by atoms with van der Waals surface area (Å²) >= 11 is 5.74. The summed E-state index contributed by atoms with van der Waals surface area (Å²) in [5.74, 6) is -2.08. The Hall–Kier alpha value is -1.82. The summed E-state index contributed by atoms with van der Waals surface area (Å²) in [6, 6.07) is 3.34. The van der Waals surface area contributed by atoms with Gasteiger partial charge in [0.05, 0.1) is 11.6 Å². The molecule has 1 fully saturated rings. The van der Waals surface area contributed by atoms with Crippen LogP contribution in [0.4, 0.5) is 14.9 Å². The van der Waals surface area contributed by atoms with E-state index in [1.807, 2.05) is 0 Å². The van der Waals surface area contributed by atoms with Crippen molar-refractivity contribution in [2.75, 3.05) is 18.4 Å². The Morgan fingerprint density at radius 3 is 2.90 bits per heavy atom. The largest absolute Gasteiger partial charge is 0.481 e. The number of likely N-dealkylation sites (tertiary alicyclic amines) is 1. The van der Waals surface area contributed by atoms with Gasteiger partial charge in [0.2, 0.25) is 0 Å². The van der Waals surface area contributed by atoms with Crippen LogP contribution < -0.4 is 5.32 Å². The van der Waals surface area contributed by atoms with E-state index in [0.717, 1.165) is 6.07 Å². The SMILES string of the molecule is O=C(O)[C@@H]1CCCN(C(=O)Nc2cc(Cl)ccc2F)C1. The third-order valence-electron chi connectivity index (χ3n) is 3.23. The Labute approximate surface area is 120 Å². The lowest BCUT2D eigenvalue weighted by Crippen LogP contribution is -2.44. The summed E-state index contributed by atoms with van der Waals surface area (Å²) in [4.78, 5) is 24.3. The molecule has 1 aromatic rings. The predicted octanol–water partition coefficient (Wildman–Crippen LogP) is 2.81. The average molecular weight is 301 g/mol. The van der Waals surface area contributed by atoms with Gasteiger partial charge in [0.25, 0.3) is 0 Å². The third kappa shape index (κ3) is 3.39. The molecule has 1 saturated heterocycles. The number of amides is 2. The molecule has 0 radical (unpaired) electrons. The van der Waals surface area contributed by atoms with Crippen molar-refractivity contribution >= 4 is 29.3 Å². The van der Waals surface area contributed by atoms with Crippen molar-refractivity contribution in [1.82, 2.24) is 4.90 Å². The van der Waals surface area contributed by atoms with Crippen molar-refractivity contribution in [3.05, 3.63) is 29.0 Å². The van der Waals surface area contributed by atoms with Gasteiger partial charge < -0.3 is 15.3 Å². The zero-order valence-corrected chi connectivity index (χ0v) is 11.4. The second-order valence-corrected chi connectivity index (χ2v) is 5.11. The van der Waals surface area contributed by atoms with E-state index in [4.69, 9.17) is 16.7 Å². The summed E-state index contributed by atoms with van der Waals surface area (Å²) in [5, 5.41) is 11.7.